The molecule has 0 radical (unpaired) electrons. The van der Waals surface area contributed by atoms with Crippen LogP contribution in [0.3, 0.4) is 0 Å². The van der Waals surface area contributed by atoms with Gasteiger partial charge in [0.15, 0.2) is 0 Å². The second-order valence-electron chi connectivity index (χ2n) is 4.37. The highest BCUT2D eigenvalue weighted by molar-refractivity contribution is 6.18. The number of alkyl halides is 1. The molecule has 1 fully saturated rings. The molecule has 0 spiro atoms. The Labute approximate surface area is 102 Å². The minimum atomic E-state index is 0.182. The number of ether oxygens (including phenoxy) is 1. The van der Waals surface area contributed by atoms with Crippen LogP contribution in [0.15, 0.2) is 30.3 Å². The Morgan fingerprint density at radius 3 is 2.81 bits per heavy atom. The molecule has 0 bridgehead atoms. The first-order valence-electron chi connectivity index (χ1n) is 5.75. The minimum absolute atomic E-state index is 0.182. The molecule has 0 amide bonds. The third kappa shape index (κ3) is 2.97. The molecular weight excluding hydrogens is 222 g/mol. The second kappa shape index (κ2) is 5.67. The summed E-state index contributed by atoms with van der Waals surface area (Å²) in [6.07, 6.45) is 0.182. The lowest BCUT2D eigenvalue weighted by Gasteiger charge is -2.37. The number of hydrogen-bond donors (Lipinski definition) is 0. The van der Waals surface area contributed by atoms with Crippen LogP contribution in [0, 0.1) is 0 Å². The summed E-state index contributed by atoms with van der Waals surface area (Å²) in [5, 5.41) is 0. The Hall–Kier alpha value is -0.570. The largest absolute Gasteiger partial charge is 0.374 e. The molecule has 2 atom stereocenters. The lowest BCUT2D eigenvalue weighted by molar-refractivity contribution is -0.0510. The smallest absolute Gasteiger partial charge is 0.0838 e. The quantitative estimate of drug-likeness (QED) is 0.752. The maximum atomic E-state index is 5.84. The molecule has 16 heavy (non-hydrogen) atoms. The highest BCUT2D eigenvalue weighted by Crippen LogP contribution is 2.16. The molecule has 2 rings (SSSR count). The highest BCUT2D eigenvalue weighted by atomic mass is 35.5. The van der Waals surface area contributed by atoms with Crippen LogP contribution in [-0.4, -0.2) is 36.1 Å². The molecule has 0 aromatic heterocycles. The zero-order chi connectivity index (χ0) is 11.4. The van der Waals surface area contributed by atoms with Crippen LogP contribution in [0.1, 0.15) is 12.5 Å². The Kier molecular flexibility index (Phi) is 4.22. The van der Waals surface area contributed by atoms with E-state index in [0.717, 1.165) is 19.7 Å². The fourth-order valence-electron chi connectivity index (χ4n) is 2.01. The van der Waals surface area contributed by atoms with Crippen molar-refractivity contribution in [1.29, 1.82) is 0 Å². The van der Waals surface area contributed by atoms with E-state index in [-0.39, 0.29) is 6.10 Å². The Bertz CT molecular complexity index is 317. The van der Waals surface area contributed by atoms with Crippen molar-refractivity contribution >= 4 is 11.6 Å². The van der Waals surface area contributed by atoms with Crippen LogP contribution in [0.5, 0.6) is 0 Å². The molecule has 0 saturated carbocycles. The van der Waals surface area contributed by atoms with Gasteiger partial charge in [-0.25, -0.2) is 0 Å². The van der Waals surface area contributed by atoms with Gasteiger partial charge in [0.25, 0.3) is 0 Å². The predicted molar refractivity (Wildman–Crippen MR) is 66.8 cm³/mol. The molecule has 1 heterocycles. The third-order valence-corrected chi connectivity index (χ3v) is 3.38. The van der Waals surface area contributed by atoms with Crippen molar-refractivity contribution in [3.8, 4) is 0 Å². The molecule has 0 aliphatic carbocycles. The summed E-state index contributed by atoms with van der Waals surface area (Å²) < 4.78 is 5.63. The van der Waals surface area contributed by atoms with Crippen LogP contribution in [0.25, 0.3) is 0 Å². The highest BCUT2D eigenvalue weighted by Gasteiger charge is 2.25. The molecule has 1 saturated heterocycles. The van der Waals surface area contributed by atoms with E-state index < -0.39 is 0 Å². The maximum Gasteiger partial charge on any atom is 0.0838 e. The zero-order valence-corrected chi connectivity index (χ0v) is 10.4. The van der Waals surface area contributed by atoms with Gasteiger partial charge in [0, 0.05) is 25.0 Å². The maximum absolute atomic E-state index is 5.84. The molecule has 0 N–H and O–H groups in total. The van der Waals surface area contributed by atoms with Gasteiger partial charge in [-0.2, -0.15) is 0 Å². The van der Waals surface area contributed by atoms with Gasteiger partial charge in [0.2, 0.25) is 0 Å². The standard InChI is InChI=1S/C13H18ClNO/c1-11-10-16-13(7-14)9-15(11)8-12-5-3-2-4-6-12/h2-6,11,13H,7-10H2,1H3/t11?,13-/m0/s1. The van der Waals surface area contributed by atoms with Crippen LogP contribution in [0.4, 0.5) is 0 Å². The summed E-state index contributed by atoms with van der Waals surface area (Å²) in [5.41, 5.74) is 1.35. The van der Waals surface area contributed by atoms with E-state index in [1.54, 1.807) is 0 Å². The topological polar surface area (TPSA) is 12.5 Å². The van der Waals surface area contributed by atoms with E-state index in [1.807, 2.05) is 6.07 Å². The summed E-state index contributed by atoms with van der Waals surface area (Å²) in [6, 6.07) is 11.0. The van der Waals surface area contributed by atoms with Gasteiger partial charge in [0.1, 0.15) is 0 Å². The average Bonchev–Trinajstić information content (AvgIpc) is 2.33. The van der Waals surface area contributed by atoms with Crippen molar-refractivity contribution in [3.63, 3.8) is 0 Å². The van der Waals surface area contributed by atoms with Crippen LogP contribution >= 0.6 is 11.6 Å². The fourth-order valence-corrected chi connectivity index (χ4v) is 2.19. The minimum Gasteiger partial charge on any atom is -0.374 e. The Balaban J connectivity index is 1.97. The number of hydrogen-bond acceptors (Lipinski definition) is 2. The normalized spacial score (nSPS) is 26.9. The molecule has 3 heteroatoms. The zero-order valence-electron chi connectivity index (χ0n) is 9.60. The van der Waals surface area contributed by atoms with E-state index >= 15 is 0 Å². The first-order valence-corrected chi connectivity index (χ1v) is 6.28. The molecular formula is C13H18ClNO. The first-order chi connectivity index (χ1) is 7.79. The molecule has 1 aromatic rings. The average molecular weight is 240 g/mol. The van der Waals surface area contributed by atoms with Crippen molar-refractivity contribution in [1.82, 2.24) is 4.90 Å². The number of rotatable bonds is 3. The van der Waals surface area contributed by atoms with E-state index in [1.165, 1.54) is 5.56 Å². The lowest BCUT2D eigenvalue weighted by Crippen LogP contribution is -2.48. The second-order valence-corrected chi connectivity index (χ2v) is 4.68. The van der Waals surface area contributed by atoms with Crippen molar-refractivity contribution < 1.29 is 4.74 Å². The summed E-state index contributed by atoms with van der Waals surface area (Å²) in [6.45, 7) is 4.90. The van der Waals surface area contributed by atoms with E-state index in [0.29, 0.717) is 11.9 Å². The summed E-state index contributed by atoms with van der Waals surface area (Å²) >= 11 is 5.84. The Morgan fingerprint density at radius 1 is 1.38 bits per heavy atom. The van der Waals surface area contributed by atoms with Crippen molar-refractivity contribution in [2.24, 2.45) is 0 Å². The Morgan fingerprint density at radius 2 is 2.12 bits per heavy atom. The monoisotopic (exact) mass is 239 g/mol. The van der Waals surface area contributed by atoms with Gasteiger partial charge in [-0.1, -0.05) is 30.3 Å². The first kappa shape index (κ1) is 11.9. The van der Waals surface area contributed by atoms with Gasteiger partial charge >= 0.3 is 0 Å². The fraction of sp³-hybridized carbons (Fsp3) is 0.538. The van der Waals surface area contributed by atoms with Crippen molar-refractivity contribution in [3.05, 3.63) is 35.9 Å². The number of morpholine rings is 1. The summed E-state index contributed by atoms with van der Waals surface area (Å²) in [5.74, 6) is 0.581. The van der Waals surface area contributed by atoms with Gasteiger partial charge in [-0.3, -0.25) is 4.90 Å². The SMILES string of the molecule is CC1CO[C@@H](CCl)CN1Cc1ccccc1. The van der Waals surface area contributed by atoms with Gasteiger partial charge < -0.3 is 4.74 Å². The van der Waals surface area contributed by atoms with Gasteiger partial charge in [-0.05, 0) is 12.5 Å². The van der Waals surface area contributed by atoms with Gasteiger partial charge in [0.05, 0.1) is 12.7 Å². The summed E-state index contributed by atoms with van der Waals surface area (Å²) in [7, 11) is 0. The third-order valence-electron chi connectivity index (χ3n) is 3.04. The molecule has 88 valence electrons. The number of halogens is 1. The van der Waals surface area contributed by atoms with E-state index in [9.17, 15) is 0 Å². The van der Waals surface area contributed by atoms with Crippen LogP contribution < -0.4 is 0 Å². The number of nitrogens with zero attached hydrogens (tertiary/aromatic N) is 1. The molecule has 1 aromatic carbocycles. The lowest BCUT2D eigenvalue weighted by atomic mass is 10.1. The van der Waals surface area contributed by atoms with E-state index in [2.05, 4.69) is 36.1 Å². The molecule has 2 nitrogen and oxygen atoms in total. The molecule has 1 aliphatic rings. The predicted octanol–water partition coefficient (Wildman–Crippen LogP) is 2.51. The molecule has 1 aliphatic heterocycles. The summed E-state index contributed by atoms with van der Waals surface area (Å²) in [4.78, 5) is 2.44. The van der Waals surface area contributed by atoms with Crippen molar-refractivity contribution in [2.45, 2.75) is 25.6 Å². The van der Waals surface area contributed by atoms with Crippen LogP contribution in [-0.2, 0) is 11.3 Å². The van der Waals surface area contributed by atoms with Crippen molar-refractivity contribution in [2.75, 3.05) is 19.0 Å². The van der Waals surface area contributed by atoms with Crippen LogP contribution in [0.2, 0.25) is 0 Å². The van der Waals surface area contributed by atoms with Gasteiger partial charge in [-0.15, -0.1) is 11.6 Å². The van der Waals surface area contributed by atoms with E-state index in [4.69, 9.17) is 16.3 Å². The number of benzene rings is 1. The molecule has 1 unspecified atom stereocenters.